The summed E-state index contributed by atoms with van der Waals surface area (Å²) in [5, 5.41) is 14.5. The lowest BCUT2D eigenvalue weighted by Crippen LogP contribution is -2.53. The zero-order valence-corrected chi connectivity index (χ0v) is 18.1. The van der Waals surface area contributed by atoms with Crippen molar-refractivity contribution in [2.75, 3.05) is 32.8 Å². The topological polar surface area (TPSA) is 54.0 Å². The van der Waals surface area contributed by atoms with Crippen LogP contribution in [0.2, 0.25) is 0 Å². The Labute approximate surface area is 180 Å². The molecule has 0 spiro atoms. The number of fused-ring (bicyclic) bond motifs is 1. The van der Waals surface area contributed by atoms with Crippen LogP contribution in [0.1, 0.15) is 38.2 Å². The number of allylic oxidation sites excluding steroid dienone is 4. The Morgan fingerprint density at radius 2 is 2.07 bits per heavy atom. The fourth-order valence-electron chi connectivity index (χ4n) is 4.81. The summed E-state index contributed by atoms with van der Waals surface area (Å²) in [5.41, 5.74) is 3.82. The molecule has 5 heteroatoms. The molecule has 2 heterocycles. The van der Waals surface area contributed by atoms with E-state index in [0.29, 0.717) is 12.6 Å². The van der Waals surface area contributed by atoms with Gasteiger partial charge in [0.1, 0.15) is 6.61 Å². The van der Waals surface area contributed by atoms with Crippen LogP contribution < -0.4 is 5.32 Å². The van der Waals surface area contributed by atoms with Crippen LogP contribution in [0.15, 0.2) is 65.5 Å². The maximum absolute atomic E-state index is 10.9. The number of rotatable bonds is 7. The quantitative estimate of drug-likeness (QED) is 0.674. The number of piperazine rings is 1. The van der Waals surface area contributed by atoms with Gasteiger partial charge in [0.25, 0.3) is 0 Å². The number of aliphatic hydroxyl groups is 1. The van der Waals surface area contributed by atoms with E-state index in [9.17, 15) is 5.11 Å². The summed E-state index contributed by atoms with van der Waals surface area (Å²) in [5.74, 6) is 1.21. The predicted octanol–water partition coefficient (Wildman–Crippen LogP) is 3.55. The largest absolute Gasteiger partial charge is 0.392 e. The van der Waals surface area contributed by atoms with Gasteiger partial charge in [0.15, 0.2) is 5.76 Å². The van der Waals surface area contributed by atoms with Crippen LogP contribution in [0.4, 0.5) is 0 Å². The third kappa shape index (κ3) is 4.70. The normalized spacial score (nSPS) is 24.3. The molecule has 1 saturated heterocycles. The predicted molar refractivity (Wildman–Crippen MR) is 119 cm³/mol. The van der Waals surface area contributed by atoms with Gasteiger partial charge < -0.3 is 15.3 Å². The van der Waals surface area contributed by atoms with Crippen molar-refractivity contribution in [2.45, 2.75) is 44.8 Å². The van der Waals surface area contributed by atoms with Crippen molar-refractivity contribution in [1.82, 2.24) is 10.2 Å². The van der Waals surface area contributed by atoms with Crippen molar-refractivity contribution < 1.29 is 14.9 Å². The zero-order valence-electron chi connectivity index (χ0n) is 18.1. The average molecular weight is 411 g/mol. The SMILES string of the molecule is CC(C)C(O)C(CCN1CCNCC1C1=C2CC=CC=C2OOC1)c1ccccc1. The maximum atomic E-state index is 10.9. The molecule has 4 rings (SSSR count). The highest BCUT2D eigenvalue weighted by molar-refractivity contribution is 5.42. The molecule has 0 aromatic heterocycles. The summed E-state index contributed by atoms with van der Waals surface area (Å²) in [7, 11) is 0. The second-order valence-corrected chi connectivity index (χ2v) is 8.81. The van der Waals surface area contributed by atoms with E-state index in [1.165, 1.54) is 16.7 Å². The second kappa shape index (κ2) is 9.92. The first-order valence-electron chi connectivity index (χ1n) is 11.2. The third-order valence-corrected chi connectivity index (χ3v) is 6.56. The highest BCUT2D eigenvalue weighted by Crippen LogP contribution is 2.33. The number of nitrogens with one attached hydrogen (secondary N) is 1. The Bertz CT molecular complexity index is 800. The average Bonchev–Trinajstić information content (AvgIpc) is 2.79. The van der Waals surface area contributed by atoms with E-state index in [0.717, 1.165) is 44.8 Å². The summed E-state index contributed by atoms with van der Waals surface area (Å²) in [4.78, 5) is 13.5. The summed E-state index contributed by atoms with van der Waals surface area (Å²) < 4.78 is 0. The molecule has 0 radical (unpaired) electrons. The van der Waals surface area contributed by atoms with Gasteiger partial charge in [0.2, 0.25) is 0 Å². The van der Waals surface area contributed by atoms with E-state index in [2.05, 4.69) is 54.4 Å². The minimum atomic E-state index is -0.347. The minimum absolute atomic E-state index is 0.137. The molecule has 3 atom stereocenters. The molecule has 2 aliphatic heterocycles. The molecule has 0 amide bonds. The number of hydrogen-bond donors (Lipinski definition) is 2. The number of benzene rings is 1. The lowest BCUT2D eigenvalue weighted by atomic mass is 9.84. The van der Waals surface area contributed by atoms with Crippen LogP contribution >= 0.6 is 0 Å². The Morgan fingerprint density at radius 3 is 2.87 bits per heavy atom. The summed E-state index contributed by atoms with van der Waals surface area (Å²) in [6, 6.07) is 10.8. The summed E-state index contributed by atoms with van der Waals surface area (Å²) in [6.07, 6.45) is 7.68. The van der Waals surface area contributed by atoms with E-state index in [-0.39, 0.29) is 17.9 Å². The van der Waals surface area contributed by atoms with Crippen molar-refractivity contribution in [3.8, 4) is 0 Å². The molecule has 1 fully saturated rings. The Kier molecular flexibility index (Phi) is 7.05. The number of aliphatic hydroxyl groups excluding tert-OH is 1. The van der Waals surface area contributed by atoms with Gasteiger partial charge in [-0.15, -0.1) is 0 Å². The highest BCUT2D eigenvalue weighted by atomic mass is 17.2. The van der Waals surface area contributed by atoms with E-state index >= 15 is 0 Å². The van der Waals surface area contributed by atoms with Crippen LogP contribution in [0.5, 0.6) is 0 Å². The van der Waals surface area contributed by atoms with Gasteiger partial charge in [0, 0.05) is 37.2 Å². The summed E-state index contributed by atoms with van der Waals surface area (Å²) >= 11 is 0. The Morgan fingerprint density at radius 1 is 1.23 bits per heavy atom. The van der Waals surface area contributed by atoms with Crippen LogP contribution in [-0.4, -0.2) is 54.9 Å². The van der Waals surface area contributed by atoms with Crippen LogP contribution in [-0.2, 0) is 9.78 Å². The lowest BCUT2D eigenvalue weighted by Gasteiger charge is -2.40. The Balaban J connectivity index is 1.52. The molecule has 0 bridgehead atoms. The molecule has 30 heavy (non-hydrogen) atoms. The smallest absolute Gasteiger partial charge is 0.169 e. The third-order valence-electron chi connectivity index (χ3n) is 6.56. The first-order valence-corrected chi connectivity index (χ1v) is 11.2. The molecular formula is C25H34N2O3. The van der Waals surface area contributed by atoms with Gasteiger partial charge in [0.05, 0.1) is 6.10 Å². The van der Waals surface area contributed by atoms with E-state index in [1.807, 2.05) is 18.2 Å². The van der Waals surface area contributed by atoms with Crippen molar-refractivity contribution in [1.29, 1.82) is 0 Å². The first kappa shape index (κ1) is 21.3. The van der Waals surface area contributed by atoms with Gasteiger partial charge in [-0.25, -0.2) is 0 Å². The van der Waals surface area contributed by atoms with Gasteiger partial charge >= 0.3 is 0 Å². The van der Waals surface area contributed by atoms with Gasteiger partial charge in [-0.2, -0.15) is 4.89 Å². The molecule has 5 nitrogen and oxygen atoms in total. The van der Waals surface area contributed by atoms with E-state index in [1.54, 1.807) is 0 Å². The molecule has 3 aliphatic rings. The van der Waals surface area contributed by atoms with E-state index < -0.39 is 0 Å². The van der Waals surface area contributed by atoms with Crippen molar-refractivity contribution >= 4 is 0 Å². The highest BCUT2D eigenvalue weighted by Gasteiger charge is 2.33. The molecular weight excluding hydrogens is 376 g/mol. The van der Waals surface area contributed by atoms with Gasteiger partial charge in [-0.1, -0.05) is 56.3 Å². The van der Waals surface area contributed by atoms with Crippen molar-refractivity contribution in [2.24, 2.45) is 5.92 Å². The molecule has 1 aromatic rings. The molecule has 2 N–H and O–H groups in total. The molecule has 1 aromatic carbocycles. The molecule has 162 valence electrons. The first-order chi connectivity index (χ1) is 14.6. The standard InChI is InChI=1S/C25H34N2O3/c1-18(2)25(28)20(19-8-4-3-5-9-19)12-14-27-15-13-26-16-23(27)22-17-29-30-24-11-7-6-10-21(22)24/h3-9,11,18,20,23,25-26,28H,10,12-17H2,1-2H3. The second-order valence-electron chi connectivity index (χ2n) is 8.81. The fourth-order valence-corrected chi connectivity index (χ4v) is 4.81. The van der Waals surface area contributed by atoms with Gasteiger partial charge in [-0.3, -0.25) is 4.90 Å². The summed E-state index contributed by atoms with van der Waals surface area (Å²) in [6.45, 7) is 8.57. The van der Waals surface area contributed by atoms with Crippen molar-refractivity contribution in [3.05, 3.63) is 71.0 Å². The molecule has 1 aliphatic carbocycles. The zero-order chi connectivity index (χ0) is 20.9. The molecule has 0 saturated carbocycles. The van der Waals surface area contributed by atoms with Crippen LogP contribution in [0, 0.1) is 5.92 Å². The van der Waals surface area contributed by atoms with Gasteiger partial charge in [-0.05, 0) is 42.5 Å². The lowest BCUT2D eigenvalue weighted by molar-refractivity contribution is -0.260. The maximum Gasteiger partial charge on any atom is 0.169 e. The van der Waals surface area contributed by atoms with E-state index in [4.69, 9.17) is 9.78 Å². The van der Waals surface area contributed by atoms with Crippen LogP contribution in [0.25, 0.3) is 0 Å². The minimum Gasteiger partial charge on any atom is -0.392 e. The fraction of sp³-hybridized carbons (Fsp3) is 0.520. The number of hydrogen-bond acceptors (Lipinski definition) is 5. The monoisotopic (exact) mass is 410 g/mol. The van der Waals surface area contributed by atoms with Crippen LogP contribution in [0.3, 0.4) is 0 Å². The number of nitrogens with zero attached hydrogens (tertiary/aromatic N) is 1. The molecule has 3 unspecified atom stereocenters. The Hall–Kier alpha value is -1.92. The van der Waals surface area contributed by atoms with Crippen molar-refractivity contribution in [3.63, 3.8) is 0 Å².